The molecule has 0 amide bonds. The number of carboxylic acids is 1. The van der Waals surface area contributed by atoms with E-state index in [2.05, 4.69) is 11.8 Å². The van der Waals surface area contributed by atoms with Crippen molar-refractivity contribution in [1.82, 2.24) is 0 Å². The maximum atomic E-state index is 10.7. The first-order valence-electron chi connectivity index (χ1n) is 4.99. The second-order valence-corrected chi connectivity index (χ2v) is 3.91. The molecule has 0 bridgehead atoms. The maximum absolute atomic E-state index is 10.7. The molecule has 1 aromatic carbocycles. The summed E-state index contributed by atoms with van der Waals surface area (Å²) < 4.78 is 0. The first-order chi connectivity index (χ1) is 7.09. The van der Waals surface area contributed by atoms with Gasteiger partial charge in [0, 0.05) is 12.6 Å². The molecule has 1 aliphatic heterocycles. The summed E-state index contributed by atoms with van der Waals surface area (Å²) in [5, 5.41) is 8.79. The Morgan fingerprint density at radius 1 is 1.60 bits per heavy atom. The summed E-state index contributed by atoms with van der Waals surface area (Å²) in [6.07, 6.45) is 1.17. The number of carboxylic acid groups (broad SMARTS) is 1. The average Bonchev–Trinajstić information content (AvgIpc) is 2.18. The minimum Gasteiger partial charge on any atom is -0.478 e. The van der Waals surface area contributed by atoms with Crippen LogP contribution in [0.15, 0.2) is 18.2 Å². The van der Waals surface area contributed by atoms with Crippen molar-refractivity contribution in [1.29, 1.82) is 0 Å². The summed E-state index contributed by atoms with van der Waals surface area (Å²) >= 11 is 0. The Balaban J connectivity index is 2.30. The van der Waals surface area contributed by atoms with Crippen molar-refractivity contribution in [2.24, 2.45) is 0 Å². The Morgan fingerprint density at radius 3 is 2.73 bits per heavy atom. The minimum atomic E-state index is -0.940. The molecule has 80 valence electrons. The quantitative estimate of drug-likeness (QED) is 0.721. The van der Waals surface area contributed by atoms with Crippen molar-refractivity contribution in [2.75, 3.05) is 17.2 Å². The number of carbonyl (C=O) groups is 1. The molecule has 1 atom stereocenters. The van der Waals surface area contributed by atoms with Crippen LogP contribution in [0.3, 0.4) is 0 Å². The molecule has 1 aromatic rings. The van der Waals surface area contributed by atoms with Gasteiger partial charge in [-0.15, -0.1) is 0 Å². The largest absolute Gasteiger partial charge is 0.478 e. The van der Waals surface area contributed by atoms with E-state index in [9.17, 15) is 4.79 Å². The number of anilines is 2. The van der Waals surface area contributed by atoms with Gasteiger partial charge in [-0.2, -0.15) is 0 Å². The van der Waals surface area contributed by atoms with Gasteiger partial charge in [0.15, 0.2) is 0 Å². The lowest BCUT2D eigenvalue weighted by atomic mass is 10.0. The van der Waals surface area contributed by atoms with Crippen molar-refractivity contribution >= 4 is 17.3 Å². The summed E-state index contributed by atoms with van der Waals surface area (Å²) in [4.78, 5) is 12.9. The molecule has 0 radical (unpaired) electrons. The van der Waals surface area contributed by atoms with Gasteiger partial charge in [0.05, 0.1) is 16.9 Å². The lowest BCUT2D eigenvalue weighted by Crippen LogP contribution is -2.46. The zero-order valence-corrected chi connectivity index (χ0v) is 8.60. The van der Waals surface area contributed by atoms with Crippen LogP contribution in [0.5, 0.6) is 0 Å². The van der Waals surface area contributed by atoms with Gasteiger partial charge in [-0.1, -0.05) is 0 Å². The second-order valence-electron chi connectivity index (χ2n) is 3.91. The molecule has 1 heterocycles. The van der Waals surface area contributed by atoms with E-state index in [4.69, 9.17) is 10.8 Å². The number of benzene rings is 1. The molecule has 2 rings (SSSR count). The number of nitrogens with zero attached hydrogens (tertiary/aromatic N) is 1. The molecular formula is C11H14N2O2. The lowest BCUT2D eigenvalue weighted by molar-refractivity contribution is 0.0697. The number of rotatable bonds is 2. The van der Waals surface area contributed by atoms with E-state index >= 15 is 0 Å². The molecule has 4 nitrogen and oxygen atoms in total. The van der Waals surface area contributed by atoms with E-state index in [1.54, 1.807) is 12.1 Å². The van der Waals surface area contributed by atoms with Crippen LogP contribution in [0.2, 0.25) is 0 Å². The molecule has 0 aliphatic carbocycles. The summed E-state index contributed by atoms with van der Waals surface area (Å²) in [5.41, 5.74) is 7.55. The third-order valence-corrected chi connectivity index (χ3v) is 2.90. The molecule has 1 saturated heterocycles. The normalized spacial score (nSPS) is 19.8. The fourth-order valence-corrected chi connectivity index (χ4v) is 1.82. The molecule has 4 heteroatoms. The minimum absolute atomic E-state index is 0.240. The van der Waals surface area contributed by atoms with E-state index in [0.717, 1.165) is 12.2 Å². The SMILES string of the molecule is CC1CCN1c1ccc(C(=O)O)cc1N. The molecule has 15 heavy (non-hydrogen) atoms. The van der Waals surface area contributed by atoms with Crippen molar-refractivity contribution in [3.05, 3.63) is 23.8 Å². The Morgan fingerprint density at radius 2 is 2.33 bits per heavy atom. The fraction of sp³-hybridized carbons (Fsp3) is 0.364. The Labute approximate surface area is 88.3 Å². The number of aromatic carboxylic acids is 1. The van der Waals surface area contributed by atoms with Gasteiger partial charge in [-0.05, 0) is 31.5 Å². The van der Waals surface area contributed by atoms with Gasteiger partial charge >= 0.3 is 5.97 Å². The monoisotopic (exact) mass is 206 g/mol. The van der Waals surface area contributed by atoms with Crippen molar-refractivity contribution < 1.29 is 9.90 Å². The number of hydrogen-bond acceptors (Lipinski definition) is 3. The van der Waals surface area contributed by atoms with Crippen LogP contribution < -0.4 is 10.6 Å². The zero-order chi connectivity index (χ0) is 11.0. The first kappa shape index (κ1) is 9.83. The Hall–Kier alpha value is -1.71. The molecule has 3 N–H and O–H groups in total. The highest BCUT2D eigenvalue weighted by Gasteiger charge is 2.25. The highest BCUT2D eigenvalue weighted by Crippen LogP contribution is 2.31. The van der Waals surface area contributed by atoms with Gasteiger partial charge in [-0.25, -0.2) is 4.79 Å². The number of nitrogens with two attached hydrogens (primary N) is 1. The van der Waals surface area contributed by atoms with Crippen LogP contribution in [0, 0.1) is 0 Å². The number of nitrogen functional groups attached to an aromatic ring is 1. The molecule has 1 fully saturated rings. The first-order valence-corrected chi connectivity index (χ1v) is 4.99. The lowest BCUT2D eigenvalue weighted by Gasteiger charge is -2.41. The van der Waals surface area contributed by atoms with Crippen molar-refractivity contribution in [2.45, 2.75) is 19.4 Å². The van der Waals surface area contributed by atoms with Gasteiger partial charge in [0.1, 0.15) is 0 Å². The van der Waals surface area contributed by atoms with Crippen LogP contribution in [-0.4, -0.2) is 23.7 Å². The maximum Gasteiger partial charge on any atom is 0.335 e. The predicted molar refractivity (Wildman–Crippen MR) is 59.2 cm³/mol. The van der Waals surface area contributed by atoms with Gasteiger partial charge < -0.3 is 15.7 Å². The highest BCUT2D eigenvalue weighted by molar-refractivity contribution is 5.90. The van der Waals surface area contributed by atoms with Crippen molar-refractivity contribution in [3.63, 3.8) is 0 Å². The van der Waals surface area contributed by atoms with Crippen molar-refractivity contribution in [3.8, 4) is 0 Å². The summed E-state index contributed by atoms with van der Waals surface area (Å²) in [6.45, 7) is 3.13. The summed E-state index contributed by atoms with van der Waals surface area (Å²) in [6, 6.07) is 5.40. The topological polar surface area (TPSA) is 66.6 Å². The summed E-state index contributed by atoms with van der Waals surface area (Å²) in [7, 11) is 0. The fourth-order valence-electron chi connectivity index (χ4n) is 1.82. The van der Waals surface area contributed by atoms with E-state index in [1.165, 1.54) is 12.5 Å². The third-order valence-electron chi connectivity index (χ3n) is 2.90. The molecular weight excluding hydrogens is 192 g/mol. The van der Waals surface area contributed by atoms with Crippen LogP contribution in [0.1, 0.15) is 23.7 Å². The van der Waals surface area contributed by atoms with Crippen LogP contribution in [-0.2, 0) is 0 Å². The van der Waals surface area contributed by atoms with E-state index in [-0.39, 0.29) is 5.56 Å². The number of hydrogen-bond donors (Lipinski definition) is 2. The molecule has 0 saturated carbocycles. The molecule has 1 aliphatic rings. The third kappa shape index (κ3) is 1.63. The Kier molecular flexibility index (Phi) is 2.26. The zero-order valence-electron chi connectivity index (χ0n) is 8.60. The molecule has 1 unspecified atom stereocenters. The average molecular weight is 206 g/mol. The van der Waals surface area contributed by atoms with Gasteiger partial charge in [0.25, 0.3) is 0 Å². The standard InChI is InChI=1S/C11H14N2O2/c1-7-4-5-13(7)10-3-2-8(11(14)15)6-9(10)12/h2-3,6-7H,4-5,12H2,1H3,(H,14,15). The van der Waals surface area contributed by atoms with Gasteiger partial charge in [0.2, 0.25) is 0 Å². The highest BCUT2D eigenvalue weighted by atomic mass is 16.4. The smallest absolute Gasteiger partial charge is 0.335 e. The van der Waals surface area contributed by atoms with Crippen LogP contribution >= 0.6 is 0 Å². The Bertz CT molecular complexity index is 404. The molecule has 0 aromatic heterocycles. The van der Waals surface area contributed by atoms with E-state index in [1.807, 2.05) is 0 Å². The predicted octanol–water partition coefficient (Wildman–Crippen LogP) is 1.57. The molecule has 0 spiro atoms. The van der Waals surface area contributed by atoms with E-state index in [0.29, 0.717) is 11.7 Å². The van der Waals surface area contributed by atoms with Crippen LogP contribution in [0.25, 0.3) is 0 Å². The summed E-state index contributed by atoms with van der Waals surface area (Å²) in [5.74, 6) is -0.940. The van der Waals surface area contributed by atoms with Gasteiger partial charge in [-0.3, -0.25) is 0 Å². The second kappa shape index (κ2) is 3.46. The van der Waals surface area contributed by atoms with Crippen LogP contribution in [0.4, 0.5) is 11.4 Å². The van der Waals surface area contributed by atoms with E-state index < -0.39 is 5.97 Å².